The van der Waals surface area contributed by atoms with E-state index in [9.17, 15) is 19.2 Å². The highest BCUT2D eigenvalue weighted by Gasteiger charge is 2.19. The van der Waals surface area contributed by atoms with Crippen LogP contribution < -0.4 is 11.1 Å². The van der Waals surface area contributed by atoms with Crippen LogP contribution in [0, 0.1) is 0 Å². The summed E-state index contributed by atoms with van der Waals surface area (Å²) in [5, 5.41) is 1.73. The van der Waals surface area contributed by atoms with Crippen LogP contribution in [-0.2, 0) is 14.3 Å². The summed E-state index contributed by atoms with van der Waals surface area (Å²) < 4.78 is 9.18. The van der Waals surface area contributed by atoms with Crippen LogP contribution in [-0.4, -0.2) is 37.6 Å². The molecule has 0 aliphatic rings. The number of urea groups is 1. The molecule has 0 bridgehead atoms. The Labute approximate surface area is 113 Å². The maximum Gasteiger partial charge on any atom is 0.339 e. The molecule has 0 saturated carbocycles. The summed E-state index contributed by atoms with van der Waals surface area (Å²) >= 11 is 0. The molecule has 0 fully saturated rings. The van der Waals surface area contributed by atoms with Crippen molar-refractivity contribution in [2.75, 3.05) is 13.7 Å². The van der Waals surface area contributed by atoms with Crippen LogP contribution in [0.4, 0.5) is 4.79 Å². The van der Waals surface area contributed by atoms with Gasteiger partial charge >= 0.3 is 18.0 Å². The van der Waals surface area contributed by atoms with Crippen LogP contribution in [0.1, 0.15) is 20.7 Å². The van der Waals surface area contributed by atoms with E-state index in [-0.39, 0.29) is 11.1 Å². The van der Waals surface area contributed by atoms with Crippen molar-refractivity contribution in [1.29, 1.82) is 0 Å². The normalized spacial score (nSPS) is 9.45. The standard InChI is InChI=1S/C12H12N2O6/c1-19-10(16)7-4-2-3-5-8(7)11(17)20-6-9(15)14-12(13)18/h2-5H,6H2,1H3,(H3,13,14,15,18). The molecule has 0 radical (unpaired) electrons. The van der Waals surface area contributed by atoms with Crippen molar-refractivity contribution in [2.24, 2.45) is 5.73 Å². The minimum absolute atomic E-state index is 0.00955. The number of carbonyl (C=O) groups excluding carboxylic acids is 4. The molecule has 0 aliphatic carbocycles. The number of hydrogen-bond donors (Lipinski definition) is 2. The van der Waals surface area contributed by atoms with Gasteiger partial charge in [0.2, 0.25) is 0 Å². The van der Waals surface area contributed by atoms with Gasteiger partial charge in [-0.1, -0.05) is 12.1 Å². The van der Waals surface area contributed by atoms with Crippen molar-refractivity contribution in [3.8, 4) is 0 Å². The summed E-state index contributed by atoms with van der Waals surface area (Å²) in [4.78, 5) is 44.7. The fourth-order valence-electron chi connectivity index (χ4n) is 1.33. The van der Waals surface area contributed by atoms with Gasteiger partial charge in [0, 0.05) is 0 Å². The number of ether oxygens (including phenoxy) is 2. The lowest BCUT2D eigenvalue weighted by Gasteiger charge is -2.07. The molecule has 106 valence electrons. The van der Waals surface area contributed by atoms with Crippen LogP contribution in [0.15, 0.2) is 24.3 Å². The van der Waals surface area contributed by atoms with Gasteiger partial charge in [0.1, 0.15) is 0 Å². The fourth-order valence-corrected chi connectivity index (χ4v) is 1.33. The number of methoxy groups -OCH3 is 1. The number of esters is 2. The van der Waals surface area contributed by atoms with E-state index in [1.165, 1.54) is 25.3 Å². The van der Waals surface area contributed by atoms with Gasteiger partial charge in [0.05, 0.1) is 18.2 Å². The third-order valence-electron chi connectivity index (χ3n) is 2.15. The number of primary amides is 1. The Morgan fingerprint density at radius 1 is 1.10 bits per heavy atom. The summed E-state index contributed by atoms with van der Waals surface area (Å²) in [7, 11) is 1.17. The van der Waals surface area contributed by atoms with E-state index in [1.807, 2.05) is 0 Å². The van der Waals surface area contributed by atoms with Gasteiger partial charge in [-0.25, -0.2) is 14.4 Å². The predicted octanol–water partition coefficient (Wildman–Crippen LogP) is -0.175. The second-order valence-corrected chi connectivity index (χ2v) is 3.53. The topological polar surface area (TPSA) is 125 Å². The molecule has 0 heterocycles. The molecule has 0 saturated heterocycles. The molecule has 1 aromatic carbocycles. The first-order valence-corrected chi connectivity index (χ1v) is 5.39. The zero-order valence-electron chi connectivity index (χ0n) is 10.5. The maximum atomic E-state index is 11.7. The molecule has 20 heavy (non-hydrogen) atoms. The molecule has 3 N–H and O–H groups in total. The third-order valence-corrected chi connectivity index (χ3v) is 2.15. The van der Waals surface area contributed by atoms with Crippen molar-refractivity contribution < 1.29 is 28.7 Å². The molecule has 0 unspecified atom stereocenters. The third kappa shape index (κ3) is 4.09. The van der Waals surface area contributed by atoms with Crippen molar-refractivity contribution in [2.45, 2.75) is 0 Å². The zero-order valence-corrected chi connectivity index (χ0v) is 10.5. The Hall–Kier alpha value is -2.90. The molecule has 0 aromatic heterocycles. The highest BCUT2D eigenvalue weighted by atomic mass is 16.5. The SMILES string of the molecule is COC(=O)c1ccccc1C(=O)OCC(=O)NC(N)=O. The molecular formula is C12H12N2O6. The Morgan fingerprint density at radius 3 is 2.15 bits per heavy atom. The first-order valence-electron chi connectivity index (χ1n) is 5.39. The van der Waals surface area contributed by atoms with Crippen LogP contribution in [0.2, 0.25) is 0 Å². The predicted molar refractivity (Wildman–Crippen MR) is 65.8 cm³/mol. The highest BCUT2D eigenvalue weighted by Crippen LogP contribution is 2.11. The number of amides is 3. The summed E-state index contributed by atoms with van der Waals surface area (Å²) in [6.45, 7) is -0.697. The number of carbonyl (C=O) groups is 4. The van der Waals surface area contributed by atoms with Gasteiger partial charge < -0.3 is 15.2 Å². The van der Waals surface area contributed by atoms with Crippen molar-refractivity contribution in [1.82, 2.24) is 5.32 Å². The molecule has 0 atom stereocenters. The molecule has 8 nitrogen and oxygen atoms in total. The minimum Gasteiger partial charge on any atom is -0.465 e. The lowest BCUT2D eigenvalue weighted by molar-refractivity contribution is -0.123. The van der Waals surface area contributed by atoms with E-state index < -0.39 is 30.5 Å². The van der Waals surface area contributed by atoms with Crippen LogP contribution in [0.25, 0.3) is 0 Å². The Morgan fingerprint density at radius 2 is 1.65 bits per heavy atom. The number of nitrogens with one attached hydrogen (secondary N) is 1. The average molecular weight is 280 g/mol. The Bertz CT molecular complexity index is 555. The van der Waals surface area contributed by atoms with E-state index in [2.05, 4.69) is 9.47 Å². The zero-order chi connectivity index (χ0) is 15.1. The van der Waals surface area contributed by atoms with E-state index in [0.717, 1.165) is 0 Å². The van der Waals surface area contributed by atoms with Crippen LogP contribution in [0.5, 0.6) is 0 Å². The smallest absolute Gasteiger partial charge is 0.339 e. The maximum absolute atomic E-state index is 11.7. The lowest BCUT2D eigenvalue weighted by atomic mass is 10.1. The lowest BCUT2D eigenvalue weighted by Crippen LogP contribution is -2.37. The van der Waals surface area contributed by atoms with E-state index in [4.69, 9.17) is 5.73 Å². The van der Waals surface area contributed by atoms with Gasteiger partial charge in [-0.3, -0.25) is 10.1 Å². The van der Waals surface area contributed by atoms with E-state index >= 15 is 0 Å². The van der Waals surface area contributed by atoms with Gasteiger partial charge in [0.25, 0.3) is 5.91 Å². The molecule has 0 spiro atoms. The number of nitrogens with two attached hydrogens (primary N) is 1. The first-order chi connectivity index (χ1) is 9.45. The quantitative estimate of drug-likeness (QED) is 0.737. The molecule has 1 aromatic rings. The molecule has 1 rings (SSSR count). The second-order valence-electron chi connectivity index (χ2n) is 3.53. The summed E-state index contributed by atoms with van der Waals surface area (Å²) in [6, 6.07) is 4.74. The second kappa shape index (κ2) is 6.88. The monoisotopic (exact) mass is 280 g/mol. The van der Waals surface area contributed by atoms with Gasteiger partial charge in [-0.2, -0.15) is 0 Å². The van der Waals surface area contributed by atoms with Gasteiger partial charge in [0.15, 0.2) is 6.61 Å². The van der Waals surface area contributed by atoms with Crippen molar-refractivity contribution in [3.05, 3.63) is 35.4 Å². The van der Waals surface area contributed by atoms with E-state index in [0.29, 0.717) is 0 Å². The highest BCUT2D eigenvalue weighted by molar-refractivity contribution is 6.03. The van der Waals surface area contributed by atoms with Gasteiger partial charge in [-0.05, 0) is 12.1 Å². The molecular weight excluding hydrogens is 268 g/mol. The Balaban J connectivity index is 2.76. The number of imide groups is 1. The van der Waals surface area contributed by atoms with Crippen molar-refractivity contribution >= 4 is 23.9 Å². The Kier molecular flexibility index (Phi) is 5.21. The van der Waals surface area contributed by atoms with Crippen molar-refractivity contribution in [3.63, 3.8) is 0 Å². The number of rotatable bonds is 4. The van der Waals surface area contributed by atoms with E-state index in [1.54, 1.807) is 11.4 Å². The fraction of sp³-hybridized carbons (Fsp3) is 0.167. The summed E-state index contributed by atoms with van der Waals surface area (Å²) in [5.41, 5.74) is 4.68. The largest absolute Gasteiger partial charge is 0.465 e. The summed E-state index contributed by atoms with van der Waals surface area (Å²) in [5.74, 6) is -2.48. The first kappa shape index (κ1) is 15.2. The number of hydrogen-bond acceptors (Lipinski definition) is 6. The summed E-state index contributed by atoms with van der Waals surface area (Å²) in [6.07, 6.45) is 0. The molecule has 3 amide bonds. The number of benzene rings is 1. The van der Waals surface area contributed by atoms with Gasteiger partial charge in [-0.15, -0.1) is 0 Å². The molecule has 8 heteroatoms. The average Bonchev–Trinajstić information content (AvgIpc) is 2.43. The van der Waals surface area contributed by atoms with Crippen LogP contribution in [0.3, 0.4) is 0 Å². The van der Waals surface area contributed by atoms with Crippen LogP contribution >= 0.6 is 0 Å². The minimum atomic E-state index is -1.05. The molecule has 0 aliphatic heterocycles.